The van der Waals surface area contributed by atoms with Crippen molar-refractivity contribution in [3.8, 4) is 5.75 Å². The minimum absolute atomic E-state index is 0.0157. The first kappa shape index (κ1) is 27.9. The standard InChI is InChI=1S/C29H30Cl2F2N2O4/c30-23-10-9-20(11-25(23)32)39-15-19(36)8-3-16-1-4-17(5-2-16)34-29(38)22-14-35(18-6-7-18)27-13-24(31)26(33)12-21(27)28(22)37/h9-14,16-19,36H,1-8,15H2,(H,34,38)/t16?,17?,19-/m0/s1. The summed E-state index contributed by atoms with van der Waals surface area (Å²) < 4.78 is 35.0. The van der Waals surface area contributed by atoms with Crippen LogP contribution in [0.5, 0.6) is 5.75 Å². The Morgan fingerprint density at radius 2 is 1.77 bits per heavy atom. The molecule has 10 heteroatoms. The molecule has 6 nitrogen and oxygen atoms in total. The average molecular weight is 579 g/mol. The van der Waals surface area contributed by atoms with Gasteiger partial charge in [0.1, 0.15) is 29.6 Å². The van der Waals surface area contributed by atoms with Crippen molar-refractivity contribution < 1.29 is 23.4 Å². The normalized spacial score (nSPS) is 20.1. The summed E-state index contributed by atoms with van der Waals surface area (Å²) in [4.78, 5) is 26.2. The van der Waals surface area contributed by atoms with Crippen LogP contribution < -0.4 is 15.5 Å². The summed E-state index contributed by atoms with van der Waals surface area (Å²) in [7, 11) is 0. The van der Waals surface area contributed by atoms with Gasteiger partial charge in [0, 0.05) is 29.7 Å². The van der Waals surface area contributed by atoms with Gasteiger partial charge < -0.3 is 19.7 Å². The van der Waals surface area contributed by atoms with E-state index in [2.05, 4.69) is 5.32 Å². The third kappa shape index (κ3) is 6.56. The molecule has 0 radical (unpaired) electrons. The van der Waals surface area contributed by atoms with Crippen molar-refractivity contribution in [2.75, 3.05) is 6.61 Å². The molecule has 1 amide bonds. The minimum atomic E-state index is -0.685. The van der Waals surface area contributed by atoms with Crippen molar-refractivity contribution in [1.82, 2.24) is 9.88 Å². The zero-order chi connectivity index (χ0) is 27.7. The Morgan fingerprint density at radius 1 is 1.05 bits per heavy atom. The van der Waals surface area contributed by atoms with Gasteiger partial charge in [-0.3, -0.25) is 9.59 Å². The summed E-state index contributed by atoms with van der Waals surface area (Å²) >= 11 is 11.6. The van der Waals surface area contributed by atoms with Crippen LogP contribution in [0.2, 0.25) is 10.0 Å². The topological polar surface area (TPSA) is 80.6 Å². The second kappa shape index (κ2) is 11.8. The molecule has 0 spiro atoms. The molecule has 0 aliphatic heterocycles. The van der Waals surface area contributed by atoms with Gasteiger partial charge in [0.25, 0.3) is 5.91 Å². The number of hydrogen-bond acceptors (Lipinski definition) is 4. The summed E-state index contributed by atoms with van der Waals surface area (Å²) in [6, 6.07) is 6.84. The SMILES string of the molecule is O=C(NC1CCC(CC[C@H](O)COc2ccc(Cl)c(F)c2)CC1)c1cn(C2CC2)c2cc(Cl)c(F)cc2c1=O. The van der Waals surface area contributed by atoms with E-state index in [4.69, 9.17) is 27.9 Å². The Hall–Kier alpha value is -2.68. The number of fused-ring (bicyclic) bond motifs is 1. The summed E-state index contributed by atoms with van der Waals surface area (Å²) in [6.45, 7) is 0.0622. The van der Waals surface area contributed by atoms with Gasteiger partial charge in [-0.25, -0.2) is 8.78 Å². The second-order valence-electron chi connectivity index (χ2n) is 10.6. The molecule has 2 fully saturated rings. The van der Waals surface area contributed by atoms with Crippen molar-refractivity contribution in [2.24, 2.45) is 5.92 Å². The molecule has 208 valence electrons. The molecule has 0 unspecified atom stereocenters. The highest BCUT2D eigenvalue weighted by atomic mass is 35.5. The second-order valence-corrected chi connectivity index (χ2v) is 11.4. The number of hydrogen-bond donors (Lipinski definition) is 2. The fourth-order valence-corrected chi connectivity index (χ4v) is 5.57. The molecule has 1 heterocycles. The Labute approximate surface area is 234 Å². The van der Waals surface area contributed by atoms with E-state index in [-0.39, 0.29) is 39.7 Å². The van der Waals surface area contributed by atoms with E-state index in [1.165, 1.54) is 18.2 Å². The Morgan fingerprint density at radius 3 is 2.46 bits per heavy atom. The fourth-order valence-electron chi connectivity index (χ4n) is 5.29. The summed E-state index contributed by atoms with van der Waals surface area (Å²) in [5.41, 5.74) is 0.0574. The first-order valence-electron chi connectivity index (χ1n) is 13.3. The van der Waals surface area contributed by atoms with Crippen molar-refractivity contribution >= 4 is 40.0 Å². The van der Waals surface area contributed by atoms with Crippen molar-refractivity contribution in [2.45, 2.75) is 69.6 Å². The molecule has 2 aliphatic rings. The summed E-state index contributed by atoms with van der Waals surface area (Å²) in [6.07, 6.45) is 7.42. The molecule has 5 rings (SSSR count). The lowest BCUT2D eigenvalue weighted by Gasteiger charge is -2.29. The number of amides is 1. The number of pyridine rings is 1. The van der Waals surface area contributed by atoms with Crippen molar-refractivity contribution in [1.29, 1.82) is 0 Å². The molecule has 2 N–H and O–H groups in total. The van der Waals surface area contributed by atoms with Crippen LogP contribution in [-0.4, -0.2) is 34.3 Å². The van der Waals surface area contributed by atoms with Crippen LogP contribution in [0.1, 0.15) is 67.8 Å². The van der Waals surface area contributed by atoms with E-state index < -0.39 is 29.1 Å². The molecule has 0 bridgehead atoms. The predicted molar refractivity (Wildman–Crippen MR) is 147 cm³/mol. The Bertz CT molecular complexity index is 1440. The minimum Gasteiger partial charge on any atom is -0.491 e. The molecule has 39 heavy (non-hydrogen) atoms. The maximum absolute atomic E-state index is 14.2. The zero-order valence-corrected chi connectivity index (χ0v) is 22.8. The smallest absolute Gasteiger partial charge is 0.256 e. The maximum atomic E-state index is 14.2. The third-order valence-corrected chi connectivity index (χ3v) is 8.28. The van der Waals surface area contributed by atoms with Gasteiger partial charge in [-0.2, -0.15) is 0 Å². The molecule has 2 aliphatic carbocycles. The van der Waals surface area contributed by atoms with Crippen molar-refractivity contribution in [3.63, 3.8) is 0 Å². The number of nitrogens with zero attached hydrogens (tertiary/aromatic N) is 1. The molecule has 2 aromatic carbocycles. The molecule has 1 aromatic heterocycles. The molecule has 2 saturated carbocycles. The number of aliphatic hydroxyl groups excluding tert-OH is 1. The van der Waals surface area contributed by atoms with E-state index in [0.29, 0.717) is 23.6 Å². The number of halogens is 4. The van der Waals surface area contributed by atoms with Crippen LogP contribution in [0.15, 0.2) is 41.3 Å². The lowest BCUT2D eigenvalue weighted by Crippen LogP contribution is -2.40. The molecule has 0 saturated heterocycles. The summed E-state index contributed by atoms with van der Waals surface area (Å²) in [5, 5.41) is 13.4. The van der Waals surface area contributed by atoms with E-state index >= 15 is 0 Å². The van der Waals surface area contributed by atoms with E-state index in [0.717, 1.165) is 51.0 Å². The molecular formula is C29H30Cl2F2N2O4. The van der Waals surface area contributed by atoms with Gasteiger partial charge in [0.05, 0.1) is 21.7 Å². The third-order valence-electron chi connectivity index (χ3n) is 7.68. The molecule has 3 aromatic rings. The van der Waals surface area contributed by atoms with Crippen LogP contribution in [0.25, 0.3) is 10.9 Å². The van der Waals surface area contributed by atoms with E-state index in [9.17, 15) is 23.5 Å². The van der Waals surface area contributed by atoms with Gasteiger partial charge in [0.2, 0.25) is 5.43 Å². The average Bonchev–Trinajstić information content (AvgIpc) is 3.76. The van der Waals surface area contributed by atoms with Crippen LogP contribution in [0, 0.1) is 17.6 Å². The van der Waals surface area contributed by atoms with Gasteiger partial charge in [-0.15, -0.1) is 0 Å². The number of aliphatic hydroxyl groups is 1. The van der Waals surface area contributed by atoms with Crippen LogP contribution in [0.3, 0.4) is 0 Å². The number of benzene rings is 2. The molecular weight excluding hydrogens is 549 g/mol. The van der Waals surface area contributed by atoms with Gasteiger partial charge >= 0.3 is 0 Å². The number of aromatic nitrogens is 1. The van der Waals surface area contributed by atoms with Crippen molar-refractivity contribution in [3.05, 3.63) is 74.0 Å². The highest BCUT2D eigenvalue weighted by Crippen LogP contribution is 2.38. The van der Waals surface area contributed by atoms with Gasteiger partial charge in [0.15, 0.2) is 0 Å². The van der Waals surface area contributed by atoms with Gasteiger partial charge in [-0.05, 0) is 81.5 Å². The lowest BCUT2D eigenvalue weighted by atomic mass is 9.83. The Kier molecular flexibility index (Phi) is 8.45. The largest absolute Gasteiger partial charge is 0.491 e. The monoisotopic (exact) mass is 578 g/mol. The Balaban J connectivity index is 1.13. The first-order chi connectivity index (χ1) is 18.7. The highest BCUT2D eigenvalue weighted by Gasteiger charge is 2.29. The first-order valence-corrected chi connectivity index (χ1v) is 14.1. The van der Waals surface area contributed by atoms with E-state index in [1.54, 1.807) is 12.3 Å². The summed E-state index contributed by atoms with van der Waals surface area (Å²) in [5.74, 6) is -0.977. The maximum Gasteiger partial charge on any atom is 0.256 e. The van der Waals surface area contributed by atoms with Crippen LogP contribution in [0.4, 0.5) is 8.78 Å². The van der Waals surface area contributed by atoms with Crippen LogP contribution in [-0.2, 0) is 0 Å². The van der Waals surface area contributed by atoms with Crippen LogP contribution >= 0.6 is 23.2 Å². The number of carbonyl (C=O) groups is 1. The van der Waals surface area contributed by atoms with Gasteiger partial charge in [-0.1, -0.05) is 23.2 Å². The predicted octanol–water partition coefficient (Wildman–Crippen LogP) is 6.43. The number of nitrogens with one attached hydrogen (secondary N) is 1. The van der Waals surface area contributed by atoms with E-state index in [1.807, 2.05) is 4.57 Å². The lowest BCUT2D eigenvalue weighted by molar-refractivity contribution is 0.0875. The fraction of sp³-hybridized carbons (Fsp3) is 0.448. The quantitative estimate of drug-likeness (QED) is 0.306. The number of carbonyl (C=O) groups excluding carboxylic acids is 1. The molecule has 1 atom stereocenters. The highest BCUT2D eigenvalue weighted by molar-refractivity contribution is 6.31. The number of rotatable bonds is 9. The zero-order valence-electron chi connectivity index (χ0n) is 21.3. The number of ether oxygens (including phenoxy) is 1.